The molecule has 0 N–H and O–H groups in total. The maximum absolute atomic E-state index is 11.7. The van der Waals surface area contributed by atoms with Crippen molar-refractivity contribution in [3.05, 3.63) is 0 Å². The monoisotopic (exact) mass is 224 g/mol. The molecule has 1 aliphatic rings. The summed E-state index contributed by atoms with van der Waals surface area (Å²) in [5, 5.41) is 0. The molecule has 0 aliphatic heterocycles. The van der Waals surface area contributed by atoms with Crippen molar-refractivity contribution in [2.75, 3.05) is 0 Å². The molecule has 1 fully saturated rings. The fourth-order valence-corrected chi connectivity index (χ4v) is 2.86. The molecule has 0 atom stereocenters. The second-order valence-electron chi connectivity index (χ2n) is 6.34. The Morgan fingerprint density at radius 1 is 1.00 bits per heavy atom. The summed E-state index contributed by atoms with van der Waals surface area (Å²) < 4.78 is 0. The van der Waals surface area contributed by atoms with E-state index >= 15 is 0 Å². The van der Waals surface area contributed by atoms with Crippen molar-refractivity contribution in [2.24, 2.45) is 23.7 Å². The number of carbonyl (C=O) groups is 1. The normalized spacial score (nSPS) is 26.4. The van der Waals surface area contributed by atoms with Gasteiger partial charge >= 0.3 is 0 Å². The molecule has 94 valence electrons. The molecule has 0 saturated heterocycles. The van der Waals surface area contributed by atoms with Crippen LogP contribution < -0.4 is 0 Å². The smallest absolute Gasteiger partial charge is 0.135 e. The maximum atomic E-state index is 11.7. The standard InChI is InChI=1S/C15H28O/c1-11(2)9-13-5-7-14(8-6-13)10-15(16)12(3)4/h11-14H,5-10H2,1-4H3/t13-,14+. The first-order chi connectivity index (χ1) is 7.49. The molecule has 0 aromatic rings. The van der Waals surface area contributed by atoms with Crippen molar-refractivity contribution in [3.63, 3.8) is 0 Å². The Hall–Kier alpha value is -0.330. The zero-order chi connectivity index (χ0) is 12.1. The average Bonchev–Trinajstić information content (AvgIpc) is 2.20. The number of hydrogen-bond donors (Lipinski definition) is 0. The van der Waals surface area contributed by atoms with Gasteiger partial charge in [-0.25, -0.2) is 0 Å². The van der Waals surface area contributed by atoms with Gasteiger partial charge in [0.25, 0.3) is 0 Å². The third-order valence-corrected chi connectivity index (χ3v) is 3.90. The van der Waals surface area contributed by atoms with Crippen LogP contribution in [-0.2, 0) is 4.79 Å². The second-order valence-corrected chi connectivity index (χ2v) is 6.34. The number of carbonyl (C=O) groups excluding carboxylic acids is 1. The van der Waals surface area contributed by atoms with Gasteiger partial charge in [-0.2, -0.15) is 0 Å². The molecule has 0 heterocycles. The molecule has 0 bridgehead atoms. The van der Waals surface area contributed by atoms with Crippen molar-refractivity contribution >= 4 is 5.78 Å². The predicted octanol–water partition coefficient (Wildman–Crippen LogP) is 4.45. The summed E-state index contributed by atoms with van der Waals surface area (Å²) >= 11 is 0. The molecular weight excluding hydrogens is 196 g/mol. The Morgan fingerprint density at radius 3 is 1.94 bits per heavy atom. The minimum atomic E-state index is 0.230. The lowest BCUT2D eigenvalue weighted by molar-refractivity contribution is -0.123. The molecule has 1 heteroatoms. The van der Waals surface area contributed by atoms with E-state index in [0.29, 0.717) is 11.7 Å². The van der Waals surface area contributed by atoms with Crippen LogP contribution in [0.5, 0.6) is 0 Å². The Kier molecular flexibility index (Phi) is 5.51. The Morgan fingerprint density at radius 2 is 1.50 bits per heavy atom. The van der Waals surface area contributed by atoms with E-state index in [-0.39, 0.29) is 5.92 Å². The van der Waals surface area contributed by atoms with Crippen molar-refractivity contribution in [3.8, 4) is 0 Å². The quantitative estimate of drug-likeness (QED) is 0.674. The van der Waals surface area contributed by atoms with Crippen LogP contribution in [0.3, 0.4) is 0 Å². The van der Waals surface area contributed by atoms with Crippen molar-refractivity contribution in [2.45, 2.75) is 66.2 Å². The lowest BCUT2D eigenvalue weighted by atomic mass is 9.76. The minimum absolute atomic E-state index is 0.230. The molecule has 0 aromatic carbocycles. The lowest BCUT2D eigenvalue weighted by Crippen LogP contribution is -2.20. The van der Waals surface area contributed by atoms with Gasteiger partial charge in [-0.3, -0.25) is 4.79 Å². The SMILES string of the molecule is CC(C)C[C@H]1CC[C@@H](CC(=O)C(C)C)CC1. The zero-order valence-corrected chi connectivity index (χ0v) is 11.5. The summed E-state index contributed by atoms with van der Waals surface area (Å²) in [6.07, 6.45) is 7.51. The predicted molar refractivity (Wildman–Crippen MR) is 69.4 cm³/mol. The summed E-state index contributed by atoms with van der Waals surface area (Å²) in [5.74, 6) is 3.16. The van der Waals surface area contributed by atoms with Gasteiger partial charge in [0.2, 0.25) is 0 Å². The molecule has 0 unspecified atom stereocenters. The Balaban J connectivity index is 2.24. The van der Waals surface area contributed by atoms with Crippen LogP contribution in [-0.4, -0.2) is 5.78 Å². The molecule has 16 heavy (non-hydrogen) atoms. The number of Topliss-reactive ketones (excluding diaryl/α,β-unsaturated/α-hetero) is 1. The van der Waals surface area contributed by atoms with Crippen LogP contribution in [0.2, 0.25) is 0 Å². The molecule has 0 radical (unpaired) electrons. The van der Waals surface area contributed by atoms with E-state index in [1.165, 1.54) is 32.1 Å². The zero-order valence-electron chi connectivity index (χ0n) is 11.5. The van der Waals surface area contributed by atoms with Crippen LogP contribution in [0.4, 0.5) is 0 Å². The molecule has 0 aromatic heterocycles. The first-order valence-corrected chi connectivity index (χ1v) is 7.01. The van der Waals surface area contributed by atoms with E-state index in [1.807, 2.05) is 13.8 Å². The van der Waals surface area contributed by atoms with Crippen LogP contribution >= 0.6 is 0 Å². The largest absolute Gasteiger partial charge is 0.299 e. The van der Waals surface area contributed by atoms with E-state index in [2.05, 4.69) is 13.8 Å². The highest BCUT2D eigenvalue weighted by Crippen LogP contribution is 2.34. The van der Waals surface area contributed by atoms with Crippen molar-refractivity contribution in [1.29, 1.82) is 0 Å². The molecule has 1 rings (SSSR count). The molecular formula is C15H28O. The summed E-state index contributed by atoms with van der Waals surface area (Å²) in [6, 6.07) is 0. The summed E-state index contributed by atoms with van der Waals surface area (Å²) in [6.45, 7) is 8.67. The van der Waals surface area contributed by atoms with Gasteiger partial charge in [-0.1, -0.05) is 40.5 Å². The summed E-state index contributed by atoms with van der Waals surface area (Å²) in [4.78, 5) is 11.7. The van der Waals surface area contributed by atoms with Gasteiger partial charge in [-0.05, 0) is 37.0 Å². The maximum Gasteiger partial charge on any atom is 0.135 e. The topological polar surface area (TPSA) is 17.1 Å². The highest BCUT2D eigenvalue weighted by atomic mass is 16.1. The second kappa shape index (κ2) is 6.42. The molecule has 1 aliphatic carbocycles. The van der Waals surface area contributed by atoms with E-state index in [1.54, 1.807) is 0 Å². The highest BCUT2D eigenvalue weighted by molar-refractivity contribution is 5.80. The van der Waals surface area contributed by atoms with Crippen LogP contribution in [0.1, 0.15) is 66.2 Å². The van der Waals surface area contributed by atoms with Crippen molar-refractivity contribution in [1.82, 2.24) is 0 Å². The number of rotatable bonds is 5. The third-order valence-electron chi connectivity index (χ3n) is 3.90. The van der Waals surface area contributed by atoms with Crippen molar-refractivity contribution < 1.29 is 4.79 Å². The van der Waals surface area contributed by atoms with E-state index in [0.717, 1.165) is 18.3 Å². The molecule has 1 saturated carbocycles. The van der Waals surface area contributed by atoms with E-state index in [4.69, 9.17) is 0 Å². The van der Waals surface area contributed by atoms with Crippen LogP contribution in [0, 0.1) is 23.7 Å². The fraction of sp³-hybridized carbons (Fsp3) is 0.933. The Labute approximate surface area is 101 Å². The molecule has 0 amide bonds. The van der Waals surface area contributed by atoms with E-state index < -0.39 is 0 Å². The van der Waals surface area contributed by atoms with Gasteiger partial charge < -0.3 is 0 Å². The number of ketones is 1. The van der Waals surface area contributed by atoms with Gasteiger partial charge in [0.1, 0.15) is 5.78 Å². The first-order valence-electron chi connectivity index (χ1n) is 7.01. The van der Waals surface area contributed by atoms with Gasteiger partial charge in [0.15, 0.2) is 0 Å². The average molecular weight is 224 g/mol. The summed E-state index contributed by atoms with van der Waals surface area (Å²) in [7, 11) is 0. The summed E-state index contributed by atoms with van der Waals surface area (Å²) in [5.41, 5.74) is 0. The van der Waals surface area contributed by atoms with Crippen LogP contribution in [0.25, 0.3) is 0 Å². The first kappa shape index (κ1) is 13.7. The molecule has 0 spiro atoms. The number of hydrogen-bond acceptors (Lipinski definition) is 1. The Bertz CT molecular complexity index is 209. The van der Waals surface area contributed by atoms with E-state index in [9.17, 15) is 4.79 Å². The minimum Gasteiger partial charge on any atom is -0.299 e. The van der Waals surface area contributed by atoms with Gasteiger partial charge in [0.05, 0.1) is 0 Å². The lowest BCUT2D eigenvalue weighted by Gasteiger charge is -2.29. The highest BCUT2D eigenvalue weighted by Gasteiger charge is 2.24. The van der Waals surface area contributed by atoms with Crippen LogP contribution in [0.15, 0.2) is 0 Å². The molecule has 1 nitrogen and oxygen atoms in total. The third kappa shape index (κ3) is 4.67. The fourth-order valence-electron chi connectivity index (χ4n) is 2.86. The van der Waals surface area contributed by atoms with Gasteiger partial charge in [0, 0.05) is 12.3 Å². The van der Waals surface area contributed by atoms with Gasteiger partial charge in [-0.15, -0.1) is 0 Å².